The Morgan fingerprint density at radius 2 is 1.70 bits per heavy atom. The van der Waals surface area contributed by atoms with Crippen molar-refractivity contribution in [2.45, 2.75) is 10.6 Å². The number of halogens is 3. The molecule has 2 rings (SSSR count). The van der Waals surface area contributed by atoms with E-state index in [0.29, 0.717) is 16.2 Å². The molecule has 0 fully saturated rings. The molecule has 0 aliphatic carbocycles. The summed E-state index contributed by atoms with van der Waals surface area (Å²) in [5.74, 6) is -2.16. The molecule has 2 N–H and O–H groups in total. The fourth-order valence-corrected chi connectivity index (χ4v) is 2.49. The first-order chi connectivity index (χ1) is 9.45. The number of hydrogen-bond donors (Lipinski definition) is 2. The van der Waals surface area contributed by atoms with Crippen LogP contribution in [0.2, 0.25) is 0 Å². The highest BCUT2D eigenvalue weighted by molar-refractivity contribution is 7.98. The van der Waals surface area contributed by atoms with Gasteiger partial charge in [0.05, 0.1) is 0 Å². The zero-order chi connectivity index (χ0) is 14.7. The van der Waals surface area contributed by atoms with E-state index in [-0.39, 0.29) is 5.46 Å². The van der Waals surface area contributed by atoms with Crippen LogP contribution in [0.4, 0.5) is 13.2 Å². The van der Waals surface area contributed by atoms with Crippen LogP contribution >= 0.6 is 11.8 Å². The molecule has 0 bridgehead atoms. The molecule has 0 radical (unpaired) electrons. The molecule has 20 heavy (non-hydrogen) atoms. The Balaban J connectivity index is 2.12. The van der Waals surface area contributed by atoms with Gasteiger partial charge in [-0.05, 0) is 41.4 Å². The molecule has 0 atom stereocenters. The molecule has 104 valence electrons. The molecular weight excluding hydrogens is 288 g/mol. The molecular formula is C13H10BF3O2S. The first-order valence-electron chi connectivity index (χ1n) is 5.69. The first-order valence-corrected chi connectivity index (χ1v) is 6.67. The van der Waals surface area contributed by atoms with Crippen LogP contribution in [0, 0.1) is 17.5 Å². The van der Waals surface area contributed by atoms with E-state index in [1.807, 2.05) is 0 Å². The lowest BCUT2D eigenvalue weighted by Gasteiger charge is -2.06. The zero-order valence-electron chi connectivity index (χ0n) is 10.2. The van der Waals surface area contributed by atoms with Crippen molar-refractivity contribution in [2.24, 2.45) is 0 Å². The molecule has 2 nitrogen and oxygen atoms in total. The lowest BCUT2D eigenvalue weighted by atomic mass is 9.79. The third-order valence-electron chi connectivity index (χ3n) is 2.57. The van der Waals surface area contributed by atoms with Gasteiger partial charge in [-0.3, -0.25) is 0 Å². The van der Waals surface area contributed by atoms with Gasteiger partial charge in [0, 0.05) is 10.6 Å². The van der Waals surface area contributed by atoms with Crippen molar-refractivity contribution in [3.63, 3.8) is 0 Å². The monoisotopic (exact) mass is 298 g/mol. The Kier molecular flexibility index (Phi) is 4.75. The van der Waals surface area contributed by atoms with Crippen molar-refractivity contribution >= 4 is 24.3 Å². The minimum absolute atomic E-state index is 0.0471. The highest BCUT2D eigenvalue weighted by atomic mass is 32.2. The molecule has 0 saturated carbocycles. The Morgan fingerprint density at radius 1 is 0.950 bits per heavy atom. The second-order valence-electron chi connectivity index (χ2n) is 4.13. The van der Waals surface area contributed by atoms with Gasteiger partial charge in [0.2, 0.25) is 0 Å². The molecule has 2 aromatic rings. The number of benzene rings is 2. The molecule has 0 aliphatic rings. The van der Waals surface area contributed by atoms with Crippen LogP contribution in [0.3, 0.4) is 0 Å². The molecule has 2 aromatic carbocycles. The summed E-state index contributed by atoms with van der Waals surface area (Å²) in [6, 6.07) is 7.22. The van der Waals surface area contributed by atoms with Crippen LogP contribution in [0.25, 0.3) is 0 Å². The molecule has 0 spiro atoms. The van der Waals surface area contributed by atoms with Crippen LogP contribution < -0.4 is 5.46 Å². The lowest BCUT2D eigenvalue weighted by molar-refractivity contribution is 0.425. The Morgan fingerprint density at radius 3 is 2.35 bits per heavy atom. The Labute approximate surface area is 118 Å². The summed E-state index contributed by atoms with van der Waals surface area (Å²) in [4.78, 5) is 0.499. The fourth-order valence-electron chi connectivity index (χ4n) is 1.64. The number of thioether (sulfide) groups is 1. The van der Waals surface area contributed by atoms with E-state index >= 15 is 0 Å². The average Bonchev–Trinajstić information content (AvgIpc) is 2.39. The van der Waals surface area contributed by atoms with Gasteiger partial charge in [-0.25, -0.2) is 13.2 Å². The van der Waals surface area contributed by atoms with Crippen molar-refractivity contribution in [2.75, 3.05) is 0 Å². The summed E-state index contributed by atoms with van der Waals surface area (Å²) < 4.78 is 39.1. The highest BCUT2D eigenvalue weighted by Gasteiger charge is 2.13. The average molecular weight is 298 g/mol. The standard InChI is InChI=1S/C13H10BF3O2S/c15-10-4-8(3-9(5-10)14(18)19)7-20-11-1-2-12(16)13(17)6-11/h1-6,18-19H,7H2. The van der Waals surface area contributed by atoms with Crippen LogP contribution in [-0.2, 0) is 5.75 Å². The van der Waals surface area contributed by atoms with E-state index in [0.717, 1.165) is 18.2 Å². The Bertz CT molecular complexity index is 623. The summed E-state index contributed by atoms with van der Waals surface area (Å²) in [6.45, 7) is 0. The maximum atomic E-state index is 13.3. The predicted molar refractivity (Wildman–Crippen MR) is 72.1 cm³/mol. The maximum absolute atomic E-state index is 13.3. The summed E-state index contributed by atoms with van der Waals surface area (Å²) in [5.41, 5.74) is 0.564. The molecule has 0 saturated heterocycles. The van der Waals surface area contributed by atoms with E-state index in [4.69, 9.17) is 10.0 Å². The van der Waals surface area contributed by atoms with Crippen LogP contribution in [-0.4, -0.2) is 17.2 Å². The molecule has 0 aliphatic heterocycles. The van der Waals surface area contributed by atoms with Gasteiger partial charge in [-0.2, -0.15) is 0 Å². The van der Waals surface area contributed by atoms with Gasteiger partial charge in [0.25, 0.3) is 0 Å². The Hall–Kier alpha value is -1.44. The molecule has 0 amide bonds. The van der Waals surface area contributed by atoms with E-state index in [2.05, 4.69) is 0 Å². The van der Waals surface area contributed by atoms with Gasteiger partial charge in [-0.15, -0.1) is 11.8 Å². The normalized spacial score (nSPS) is 10.7. The van der Waals surface area contributed by atoms with Gasteiger partial charge >= 0.3 is 7.12 Å². The van der Waals surface area contributed by atoms with Gasteiger partial charge < -0.3 is 10.0 Å². The fraction of sp³-hybridized carbons (Fsp3) is 0.0769. The predicted octanol–water partition coefficient (Wildman–Crippen LogP) is 2.08. The van der Waals surface area contributed by atoms with Crippen molar-refractivity contribution in [1.82, 2.24) is 0 Å². The van der Waals surface area contributed by atoms with Crippen molar-refractivity contribution < 1.29 is 23.2 Å². The summed E-state index contributed by atoms with van der Waals surface area (Å²) in [7, 11) is -1.75. The number of rotatable bonds is 4. The van der Waals surface area contributed by atoms with E-state index in [1.165, 1.54) is 30.0 Å². The summed E-state index contributed by atoms with van der Waals surface area (Å²) in [6.07, 6.45) is 0. The van der Waals surface area contributed by atoms with Gasteiger partial charge in [0.1, 0.15) is 5.82 Å². The largest absolute Gasteiger partial charge is 0.488 e. The minimum atomic E-state index is -1.75. The second-order valence-corrected chi connectivity index (χ2v) is 5.18. The third-order valence-corrected chi connectivity index (χ3v) is 3.64. The van der Waals surface area contributed by atoms with Crippen molar-refractivity contribution in [3.05, 3.63) is 59.4 Å². The molecule has 0 heterocycles. The van der Waals surface area contributed by atoms with Crippen LogP contribution in [0.1, 0.15) is 5.56 Å². The summed E-state index contributed by atoms with van der Waals surface area (Å²) in [5, 5.41) is 18.0. The van der Waals surface area contributed by atoms with Crippen molar-refractivity contribution in [1.29, 1.82) is 0 Å². The van der Waals surface area contributed by atoms with Gasteiger partial charge in [0.15, 0.2) is 11.6 Å². The second kappa shape index (κ2) is 6.34. The minimum Gasteiger partial charge on any atom is -0.423 e. The molecule has 0 aromatic heterocycles. The maximum Gasteiger partial charge on any atom is 0.488 e. The smallest absolute Gasteiger partial charge is 0.423 e. The number of hydrogen-bond acceptors (Lipinski definition) is 3. The van der Waals surface area contributed by atoms with E-state index < -0.39 is 24.6 Å². The quantitative estimate of drug-likeness (QED) is 0.670. The lowest BCUT2D eigenvalue weighted by Crippen LogP contribution is -2.30. The SMILES string of the molecule is OB(O)c1cc(F)cc(CSc2ccc(F)c(F)c2)c1. The topological polar surface area (TPSA) is 40.5 Å². The van der Waals surface area contributed by atoms with Crippen LogP contribution in [0.15, 0.2) is 41.3 Å². The zero-order valence-corrected chi connectivity index (χ0v) is 11.0. The molecule has 7 heteroatoms. The summed E-state index contributed by atoms with van der Waals surface area (Å²) >= 11 is 1.19. The van der Waals surface area contributed by atoms with Gasteiger partial charge in [-0.1, -0.05) is 6.07 Å². The highest BCUT2D eigenvalue weighted by Crippen LogP contribution is 2.24. The molecule has 0 unspecified atom stereocenters. The van der Waals surface area contributed by atoms with E-state index in [9.17, 15) is 13.2 Å². The van der Waals surface area contributed by atoms with Crippen molar-refractivity contribution in [3.8, 4) is 0 Å². The van der Waals surface area contributed by atoms with E-state index in [1.54, 1.807) is 0 Å². The van der Waals surface area contributed by atoms with Crippen LogP contribution in [0.5, 0.6) is 0 Å². The first kappa shape index (κ1) is 15.0. The third kappa shape index (κ3) is 3.78.